The molecule has 0 atom stereocenters. The van der Waals surface area contributed by atoms with E-state index in [9.17, 15) is 0 Å². The predicted molar refractivity (Wildman–Crippen MR) is 56.3 cm³/mol. The van der Waals surface area contributed by atoms with Crippen LogP contribution in [0.1, 0.15) is 39.0 Å². The van der Waals surface area contributed by atoms with Crippen molar-refractivity contribution in [1.29, 1.82) is 0 Å². The molecule has 15 heavy (non-hydrogen) atoms. The van der Waals surface area contributed by atoms with E-state index < -0.39 is 5.60 Å². The summed E-state index contributed by atoms with van der Waals surface area (Å²) in [6, 6.07) is 0. The zero-order valence-electron chi connectivity index (χ0n) is 9.83. The van der Waals surface area contributed by atoms with E-state index in [0.29, 0.717) is 18.3 Å². The maximum atomic E-state index is 5.48. The van der Waals surface area contributed by atoms with Crippen molar-refractivity contribution in [2.75, 3.05) is 13.7 Å². The second-order valence-electron chi connectivity index (χ2n) is 3.89. The highest BCUT2D eigenvalue weighted by Crippen LogP contribution is 2.21. The van der Waals surface area contributed by atoms with E-state index in [1.807, 2.05) is 13.8 Å². The van der Waals surface area contributed by atoms with Crippen LogP contribution in [0.4, 0.5) is 0 Å². The van der Waals surface area contributed by atoms with Gasteiger partial charge in [-0.3, -0.25) is 0 Å². The topological polar surface area (TPSA) is 60.2 Å². The van der Waals surface area contributed by atoms with Crippen molar-refractivity contribution in [3.63, 3.8) is 0 Å². The molecule has 1 rings (SSSR count). The van der Waals surface area contributed by atoms with Gasteiger partial charge in [0, 0.05) is 7.11 Å². The number of aromatic nitrogens is 2. The third kappa shape index (κ3) is 3.28. The Morgan fingerprint density at radius 1 is 1.40 bits per heavy atom. The van der Waals surface area contributed by atoms with Gasteiger partial charge in [0.25, 0.3) is 0 Å². The Balaban J connectivity index is 2.56. The van der Waals surface area contributed by atoms with Crippen molar-refractivity contribution in [3.05, 3.63) is 11.8 Å². The first-order valence-corrected chi connectivity index (χ1v) is 5.19. The first-order chi connectivity index (χ1) is 7.10. The average molecular weight is 213 g/mol. The van der Waals surface area contributed by atoms with Gasteiger partial charge in [-0.1, -0.05) is 6.92 Å². The van der Waals surface area contributed by atoms with Crippen LogP contribution < -0.4 is 5.32 Å². The molecular weight excluding hydrogens is 194 g/mol. The molecule has 0 saturated carbocycles. The Morgan fingerprint density at radius 2 is 2.13 bits per heavy atom. The summed E-state index contributed by atoms with van der Waals surface area (Å²) in [4.78, 5) is 0. The van der Waals surface area contributed by atoms with E-state index in [-0.39, 0.29) is 0 Å². The number of rotatable bonds is 6. The summed E-state index contributed by atoms with van der Waals surface area (Å²) in [5.41, 5.74) is -0.518. The highest BCUT2D eigenvalue weighted by Gasteiger charge is 2.26. The van der Waals surface area contributed by atoms with Gasteiger partial charge in [-0.15, -0.1) is 10.2 Å². The van der Waals surface area contributed by atoms with E-state index in [1.54, 1.807) is 7.11 Å². The maximum absolute atomic E-state index is 5.48. The highest BCUT2D eigenvalue weighted by atomic mass is 16.5. The van der Waals surface area contributed by atoms with E-state index in [0.717, 1.165) is 13.0 Å². The minimum atomic E-state index is -0.518. The molecule has 0 spiro atoms. The third-order valence-electron chi connectivity index (χ3n) is 2.20. The second kappa shape index (κ2) is 5.23. The fourth-order valence-electron chi connectivity index (χ4n) is 1.03. The molecule has 0 aliphatic heterocycles. The standard InChI is InChI=1S/C10H19N3O2/c1-5-6-11-7-8-12-13-9(15-8)10(2,3)14-4/h11H,5-7H2,1-4H3. The summed E-state index contributed by atoms with van der Waals surface area (Å²) >= 11 is 0. The van der Waals surface area contributed by atoms with Gasteiger partial charge in [-0.2, -0.15) is 0 Å². The lowest BCUT2D eigenvalue weighted by molar-refractivity contribution is -0.00459. The summed E-state index contributed by atoms with van der Waals surface area (Å²) in [6.45, 7) is 7.46. The van der Waals surface area contributed by atoms with Gasteiger partial charge in [-0.05, 0) is 26.8 Å². The summed E-state index contributed by atoms with van der Waals surface area (Å²) in [7, 11) is 1.62. The smallest absolute Gasteiger partial charge is 0.247 e. The normalized spacial score (nSPS) is 12.0. The van der Waals surface area contributed by atoms with E-state index in [2.05, 4.69) is 22.4 Å². The van der Waals surface area contributed by atoms with Gasteiger partial charge >= 0.3 is 0 Å². The van der Waals surface area contributed by atoms with Crippen LogP contribution in [0.5, 0.6) is 0 Å². The van der Waals surface area contributed by atoms with Crippen LogP contribution in [0.15, 0.2) is 4.42 Å². The molecule has 1 heterocycles. The zero-order chi connectivity index (χ0) is 11.3. The van der Waals surface area contributed by atoms with E-state index in [4.69, 9.17) is 9.15 Å². The van der Waals surface area contributed by atoms with Crippen molar-refractivity contribution in [2.45, 2.75) is 39.3 Å². The largest absolute Gasteiger partial charge is 0.421 e. The number of nitrogens with zero attached hydrogens (tertiary/aromatic N) is 2. The molecule has 0 bridgehead atoms. The summed E-state index contributed by atoms with van der Waals surface area (Å²) in [6.07, 6.45) is 1.09. The molecule has 0 aromatic carbocycles. The molecule has 0 amide bonds. The minimum Gasteiger partial charge on any atom is -0.421 e. The third-order valence-corrected chi connectivity index (χ3v) is 2.20. The first kappa shape index (κ1) is 12.1. The van der Waals surface area contributed by atoms with Gasteiger partial charge in [0.15, 0.2) is 0 Å². The molecule has 0 saturated heterocycles. The van der Waals surface area contributed by atoms with Gasteiger partial charge in [0.1, 0.15) is 5.60 Å². The molecule has 5 heteroatoms. The second-order valence-corrected chi connectivity index (χ2v) is 3.89. The fourth-order valence-corrected chi connectivity index (χ4v) is 1.03. The number of nitrogens with one attached hydrogen (secondary N) is 1. The Kier molecular flexibility index (Phi) is 4.23. The van der Waals surface area contributed by atoms with Gasteiger partial charge < -0.3 is 14.5 Å². The minimum absolute atomic E-state index is 0.512. The van der Waals surface area contributed by atoms with Crippen LogP contribution >= 0.6 is 0 Å². The predicted octanol–water partition coefficient (Wildman–Crippen LogP) is 1.45. The number of hydrogen-bond acceptors (Lipinski definition) is 5. The summed E-state index contributed by atoms with van der Waals surface area (Å²) in [5, 5.41) is 11.1. The molecule has 0 radical (unpaired) electrons. The maximum Gasteiger partial charge on any atom is 0.247 e. The van der Waals surface area contributed by atoms with Crippen molar-refractivity contribution in [3.8, 4) is 0 Å². The SMILES string of the molecule is CCCNCc1nnc(C(C)(C)OC)o1. The Morgan fingerprint density at radius 3 is 2.73 bits per heavy atom. The van der Waals surface area contributed by atoms with Crippen LogP contribution in [0, 0.1) is 0 Å². The quantitative estimate of drug-likeness (QED) is 0.725. The van der Waals surface area contributed by atoms with E-state index in [1.165, 1.54) is 0 Å². The van der Waals surface area contributed by atoms with Crippen molar-refractivity contribution < 1.29 is 9.15 Å². The molecular formula is C10H19N3O2. The first-order valence-electron chi connectivity index (χ1n) is 5.19. The van der Waals surface area contributed by atoms with Crippen molar-refractivity contribution >= 4 is 0 Å². The van der Waals surface area contributed by atoms with E-state index >= 15 is 0 Å². The molecule has 86 valence electrons. The van der Waals surface area contributed by atoms with Gasteiger partial charge in [0.2, 0.25) is 11.8 Å². The number of methoxy groups -OCH3 is 1. The Labute approximate surface area is 90.2 Å². The lowest BCUT2D eigenvalue weighted by atomic mass is 10.1. The molecule has 5 nitrogen and oxygen atoms in total. The average Bonchev–Trinajstić information content (AvgIpc) is 2.68. The summed E-state index contributed by atoms with van der Waals surface area (Å²) in [5.74, 6) is 1.11. The monoisotopic (exact) mass is 213 g/mol. The van der Waals surface area contributed by atoms with Crippen LogP contribution in [0.25, 0.3) is 0 Å². The molecule has 1 N–H and O–H groups in total. The highest BCUT2D eigenvalue weighted by molar-refractivity contribution is 4.92. The molecule has 0 aliphatic rings. The van der Waals surface area contributed by atoms with Crippen LogP contribution in [0.2, 0.25) is 0 Å². The van der Waals surface area contributed by atoms with Gasteiger partial charge in [0.05, 0.1) is 6.54 Å². The summed E-state index contributed by atoms with van der Waals surface area (Å²) < 4.78 is 10.7. The lowest BCUT2D eigenvalue weighted by Crippen LogP contribution is -2.19. The van der Waals surface area contributed by atoms with Crippen molar-refractivity contribution in [2.24, 2.45) is 0 Å². The van der Waals surface area contributed by atoms with Crippen LogP contribution in [0.3, 0.4) is 0 Å². The van der Waals surface area contributed by atoms with Gasteiger partial charge in [-0.25, -0.2) is 0 Å². The Bertz CT molecular complexity index is 297. The molecule has 0 fully saturated rings. The zero-order valence-corrected chi connectivity index (χ0v) is 9.83. The van der Waals surface area contributed by atoms with Crippen LogP contribution in [-0.2, 0) is 16.9 Å². The molecule has 0 unspecified atom stereocenters. The molecule has 1 aromatic rings. The fraction of sp³-hybridized carbons (Fsp3) is 0.800. The molecule has 0 aliphatic carbocycles. The number of hydrogen-bond donors (Lipinski definition) is 1. The molecule has 1 aromatic heterocycles. The Hall–Kier alpha value is -0.940. The lowest BCUT2D eigenvalue weighted by Gasteiger charge is -2.17. The number of ether oxygens (including phenoxy) is 1. The van der Waals surface area contributed by atoms with Crippen molar-refractivity contribution in [1.82, 2.24) is 15.5 Å². The van der Waals surface area contributed by atoms with Crippen LogP contribution in [-0.4, -0.2) is 23.9 Å².